The van der Waals surface area contributed by atoms with Crippen LogP contribution in [0.1, 0.15) is 24.0 Å². The standard InChI is InChI=1S/C14H19FN2.ClH/c15-13-2-1-12-10-17(8-5-11(12)9-13)14-3-6-16-7-4-14;/h1-2,9,14,16H,3-8,10H2;1H. The van der Waals surface area contributed by atoms with Gasteiger partial charge in [-0.1, -0.05) is 6.07 Å². The second kappa shape index (κ2) is 6.00. The number of benzene rings is 1. The molecular formula is C14H20ClFN2. The summed E-state index contributed by atoms with van der Waals surface area (Å²) in [7, 11) is 0. The molecule has 0 radical (unpaired) electrons. The molecule has 1 saturated heterocycles. The van der Waals surface area contributed by atoms with Gasteiger partial charge in [0.15, 0.2) is 0 Å². The topological polar surface area (TPSA) is 15.3 Å². The summed E-state index contributed by atoms with van der Waals surface area (Å²) in [5, 5.41) is 3.40. The van der Waals surface area contributed by atoms with E-state index in [0.29, 0.717) is 0 Å². The summed E-state index contributed by atoms with van der Waals surface area (Å²) in [5.74, 6) is -0.0981. The average Bonchev–Trinajstić information content (AvgIpc) is 2.39. The molecule has 1 N–H and O–H groups in total. The molecule has 0 atom stereocenters. The minimum absolute atomic E-state index is 0. The Kier molecular flexibility index (Phi) is 4.60. The van der Waals surface area contributed by atoms with Gasteiger partial charge in [-0.05, 0) is 55.6 Å². The van der Waals surface area contributed by atoms with Crippen LogP contribution in [0.5, 0.6) is 0 Å². The fourth-order valence-corrected chi connectivity index (χ4v) is 3.03. The minimum Gasteiger partial charge on any atom is -0.317 e. The van der Waals surface area contributed by atoms with Gasteiger partial charge in [-0.3, -0.25) is 4.90 Å². The number of hydrogen-bond acceptors (Lipinski definition) is 2. The number of fused-ring (bicyclic) bond motifs is 1. The predicted octanol–water partition coefficient (Wildman–Crippen LogP) is 2.36. The van der Waals surface area contributed by atoms with Gasteiger partial charge in [0.2, 0.25) is 0 Å². The first-order valence-electron chi connectivity index (χ1n) is 6.55. The molecule has 1 aromatic rings. The summed E-state index contributed by atoms with van der Waals surface area (Å²) >= 11 is 0. The molecule has 0 aliphatic carbocycles. The van der Waals surface area contributed by atoms with Crippen LogP contribution in [0.4, 0.5) is 4.39 Å². The highest BCUT2D eigenvalue weighted by molar-refractivity contribution is 5.85. The van der Waals surface area contributed by atoms with Crippen LogP contribution in [0.15, 0.2) is 18.2 Å². The summed E-state index contributed by atoms with van der Waals surface area (Å²) in [5.41, 5.74) is 2.52. The van der Waals surface area contributed by atoms with Gasteiger partial charge in [0.25, 0.3) is 0 Å². The van der Waals surface area contributed by atoms with E-state index in [0.717, 1.165) is 38.6 Å². The first-order valence-corrected chi connectivity index (χ1v) is 6.55. The smallest absolute Gasteiger partial charge is 0.123 e. The van der Waals surface area contributed by atoms with Gasteiger partial charge in [0.1, 0.15) is 5.82 Å². The lowest BCUT2D eigenvalue weighted by Crippen LogP contribution is -2.45. The predicted molar refractivity (Wildman–Crippen MR) is 73.7 cm³/mol. The fraction of sp³-hybridized carbons (Fsp3) is 0.571. The van der Waals surface area contributed by atoms with Crippen LogP contribution >= 0.6 is 12.4 Å². The molecule has 1 aromatic carbocycles. The van der Waals surface area contributed by atoms with E-state index in [-0.39, 0.29) is 18.2 Å². The summed E-state index contributed by atoms with van der Waals surface area (Å²) < 4.78 is 13.1. The van der Waals surface area contributed by atoms with Crippen LogP contribution in [-0.2, 0) is 13.0 Å². The van der Waals surface area contributed by atoms with Crippen molar-refractivity contribution >= 4 is 12.4 Å². The normalized spacial score (nSPS) is 21.2. The zero-order valence-electron chi connectivity index (χ0n) is 10.5. The van der Waals surface area contributed by atoms with Gasteiger partial charge in [-0.2, -0.15) is 0 Å². The molecule has 0 unspecified atom stereocenters. The van der Waals surface area contributed by atoms with E-state index in [2.05, 4.69) is 10.2 Å². The maximum Gasteiger partial charge on any atom is 0.123 e. The molecule has 0 amide bonds. The average molecular weight is 271 g/mol. The number of nitrogens with zero attached hydrogens (tertiary/aromatic N) is 1. The van der Waals surface area contributed by atoms with Gasteiger partial charge < -0.3 is 5.32 Å². The monoisotopic (exact) mass is 270 g/mol. The lowest BCUT2D eigenvalue weighted by atomic mass is 9.96. The van der Waals surface area contributed by atoms with Crippen molar-refractivity contribution in [1.82, 2.24) is 10.2 Å². The fourth-order valence-electron chi connectivity index (χ4n) is 3.03. The van der Waals surface area contributed by atoms with E-state index in [4.69, 9.17) is 0 Å². The Bertz CT molecular complexity index is 405. The molecule has 100 valence electrons. The van der Waals surface area contributed by atoms with Crippen molar-refractivity contribution in [1.29, 1.82) is 0 Å². The number of piperidine rings is 1. The maximum absolute atomic E-state index is 13.1. The Morgan fingerprint density at radius 3 is 2.72 bits per heavy atom. The van der Waals surface area contributed by atoms with E-state index in [1.165, 1.54) is 24.0 Å². The van der Waals surface area contributed by atoms with Crippen LogP contribution in [0, 0.1) is 5.82 Å². The summed E-state index contributed by atoms with van der Waals surface area (Å²) in [6, 6.07) is 5.96. The zero-order valence-corrected chi connectivity index (χ0v) is 11.3. The van der Waals surface area contributed by atoms with Crippen molar-refractivity contribution in [3.05, 3.63) is 35.1 Å². The molecule has 4 heteroatoms. The quantitative estimate of drug-likeness (QED) is 0.843. The highest BCUT2D eigenvalue weighted by Gasteiger charge is 2.24. The van der Waals surface area contributed by atoms with Crippen molar-refractivity contribution in [2.75, 3.05) is 19.6 Å². The molecule has 0 saturated carbocycles. The van der Waals surface area contributed by atoms with Crippen molar-refractivity contribution in [3.8, 4) is 0 Å². The Hall–Kier alpha value is -0.640. The third-order valence-corrected chi connectivity index (χ3v) is 4.04. The number of halogens is 2. The number of hydrogen-bond donors (Lipinski definition) is 1. The van der Waals surface area contributed by atoms with Crippen molar-refractivity contribution in [3.63, 3.8) is 0 Å². The van der Waals surface area contributed by atoms with E-state index < -0.39 is 0 Å². The SMILES string of the molecule is Cl.Fc1ccc2c(c1)CCN(C1CCNCC1)C2. The van der Waals surface area contributed by atoms with E-state index >= 15 is 0 Å². The van der Waals surface area contributed by atoms with Crippen LogP contribution < -0.4 is 5.32 Å². The summed E-state index contributed by atoms with van der Waals surface area (Å²) in [6.07, 6.45) is 3.49. The highest BCUT2D eigenvalue weighted by Crippen LogP contribution is 2.24. The molecule has 18 heavy (non-hydrogen) atoms. The van der Waals surface area contributed by atoms with E-state index in [1.54, 1.807) is 12.1 Å². The third kappa shape index (κ3) is 2.85. The molecule has 0 aromatic heterocycles. The largest absolute Gasteiger partial charge is 0.317 e. The molecule has 0 bridgehead atoms. The Labute approximate surface area is 114 Å². The van der Waals surface area contributed by atoms with Crippen LogP contribution in [0.25, 0.3) is 0 Å². The van der Waals surface area contributed by atoms with Crippen LogP contribution in [-0.4, -0.2) is 30.6 Å². The Morgan fingerprint density at radius 2 is 1.94 bits per heavy atom. The van der Waals surface area contributed by atoms with Gasteiger partial charge in [0, 0.05) is 19.1 Å². The molecule has 0 spiro atoms. The molecular weight excluding hydrogens is 251 g/mol. The van der Waals surface area contributed by atoms with Crippen LogP contribution in [0.3, 0.4) is 0 Å². The van der Waals surface area contributed by atoms with Gasteiger partial charge in [-0.25, -0.2) is 4.39 Å². The third-order valence-electron chi connectivity index (χ3n) is 4.04. The summed E-state index contributed by atoms with van der Waals surface area (Å²) in [4.78, 5) is 2.57. The molecule has 2 nitrogen and oxygen atoms in total. The lowest BCUT2D eigenvalue weighted by Gasteiger charge is -2.37. The van der Waals surface area contributed by atoms with Crippen molar-refractivity contribution < 1.29 is 4.39 Å². The van der Waals surface area contributed by atoms with Gasteiger partial charge >= 0.3 is 0 Å². The second-order valence-corrected chi connectivity index (χ2v) is 5.11. The molecule has 2 heterocycles. The van der Waals surface area contributed by atoms with Crippen LogP contribution in [0.2, 0.25) is 0 Å². The first kappa shape index (κ1) is 13.8. The summed E-state index contributed by atoms with van der Waals surface area (Å²) in [6.45, 7) is 4.36. The van der Waals surface area contributed by atoms with Crippen molar-refractivity contribution in [2.24, 2.45) is 0 Å². The second-order valence-electron chi connectivity index (χ2n) is 5.11. The number of rotatable bonds is 1. The van der Waals surface area contributed by atoms with E-state index in [1.807, 2.05) is 6.07 Å². The maximum atomic E-state index is 13.1. The zero-order chi connectivity index (χ0) is 11.7. The molecule has 3 rings (SSSR count). The number of nitrogens with one attached hydrogen (secondary N) is 1. The first-order chi connectivity index (χ1) is 8.33. The lowest BCUT2D eigenvalue weighted by molar-refractivity contribution is 0.147. The molecule has 2 aliphatic heterocycles. The highest BCUT2D eigenvalue weighted by atomic mass is 35.5. The minimum atomic E-state index is -0.0981. The molecule has 1 fully saturated rings. The Morgan fingerprint density at radius 1 is 1.17 bits per heavy atom. The van der Waals surface area contributed by atoms with E-state index in [9.17, 15) is 4.39 Å². The van der Waals surface area contributed by atoms with Crippen molar-refractivity contribution in [2.45, 2.75) is 31.8 Å². The molecule has 2 aliphatic rings. The van der Waals surface area contributed by atoms with Gasteiger partial charge in [-0.15, -0.1) is 12.4 Å². The Balaban J connectivity index is 0.00000120. The van der Waals surface area contributed by atoms with Gasteiger partial charge in [0.05, 0.1) is 0 Å².